The molecule has 0 radical (unpaired) electrons. The Hall–Kier alpha value is -2.68. The molecule has 12 heteroatoms. The molecule has 0 heterocycles. The van der Waals surface area contributed by atoms with Crippen LogP contribution in [-0.2, 0) is 53.9 Å². The number of aryl methyl sites for hydroxylation is 1. The lowest BCUT2D eigenvalue weighted by molar-refractivity contribution is -0.140. The number of methoxy groups -OCH3 is 2. The van der Waals surface area contributed by atoms with Gasteiger partial charge in [-0.05, 0) is 63.1 Å². The number of allylic oxidation sites excluding steroid dienone is 3. The first kappa shape index (κ1) is 44.5. The van der Waals surface area contributed by atoms with Crippen LogP contribution in [0.2, 0.25) is 0 Å². The summed E-state index contributed by atoms with van der Waals surface area (Å²) in [7, 11) is 3.24. The van der Waals surface area contributed by atoms with E-state index in [9.17, 15) is 9.59 Å². The molecule has 0 unspecified atom stereocenters. The van der Waals surface area contributed by atoms with Gasteiger partial charge in [0, 0.05) is 25.7 Å². The van der Waals surface area contributed by atoms with Crippen molar-refractivity contribution >= 4 is 11.9 Å². The second kappa shape index (κ2) is 27.9. The minimum atomic E-state index is -0.557. The normalized spacial score (nSPS) is 15.8. The molecule has 2 atom stereocenters. The van der Waals surface area contributed by atoms with Crippen LogP contribution in [0.1, 0.15) is 69.9 Å². The third-order valence-electron chi connectivity index (χ3n) is 8.19. The Morgan fingerprint density at radius 2 is 1.16 bits per heavy atom. The molecule has 0 aromatic heterocycles. The Bertz CT molecular complexity index is 1110. The molecule has 0 saturated heterocycles. The fourth-order valence-electron chi connectivity index (χ4n) is 5.56. The maximum atomic E-state index is 13.2. The number of hydrogen-bond acceptors (Lipinski definition) is 12. The summed E-state index contributed by atoms with van der Waals surface area (Å²) in [4.78, 5) is 26.4. The standard InChI is InChI=1S/C39H62O12/c1-7-8-9-10-32-26-35(50-37(40)28-48-23-21-46-19-17-44-15-13-42-5)39(34-25-31(4)11-12-33(34)30(2)3)36(27-32)51-38(41)29-49-24-22-47-20-18-45-16-14-43-6/h25-27,33-34H,2,7-24,28-29H2,1,3-6H3/t33-,34+/m0/s1. The molecule has 1 aliphatic carbocycles. The van der Waals surface area contributed by atoms with E-state index >= 15 is 0 Å². The monoisotopic (exact) mass is 722 g/mol. The molecule has 0 fully saturated rings. The van der Waals surface area contributed by atoms with Gasteiger partial charge in [-0.2, -0.15) is 0 Å². The number of unbranched alkanes of at least 4 members (excludes halogenated alkanes) is 2. The fraction of sp³-hybridized carbons (Fsp3) is 0.692. The van der Waals surface area contributed by atoms with Crippen molar-refractivity contribution in [2.45, 2.75) is 65.2 Å². The van der Waals surface area contributed by atoms with Crippen molar-refractivity contribution < 1.29 is 57.0 Å². The lowest BCUT2D eigenvalue weighted by Crippen LogP contribution is -2.24. The Morgan fingerprint density at radius 1 is 0.706 bits per heavy atom. The van der Waals surface area contributed by atoms with E-state index in [0.717, 1.165) is 49.7 Å². The summed E-state index contributed by atoms with van der Waals surface area (Å²) < 4.78 is 54.9. The summed E-state index contributed by atoms with van der Waals surface area (Å²) in [6, 6.07) is 3.79. The molecule has 290 valence electrons. The van der Waals surface area contributed by atoms with E-state index < -0.39 is 11.9 Å². The van der Waals surface area contributed by atoms with Crippen molar-refractivity contribution in [3.8, 4) is 11.5 Å². The number of esters is 2. The van der Waals surface area contributed by atoms with Gasteiger partial charge in [-0.3, -0.25) is 0 Å². The van der Waals surface area contributed by atoms with Gasteiger partial charge in [0.25, 0.3) is 0 Å². The molecular formula is C39H62O12. The van der Waals surface area contributed by atoms with Crippen LogP contribution in [0.3, 0.4) is 0 Å². The number of benzene rings is 1. The molecule has 51 heavy (non-hydrogen) atoms. The largest absolute Gasteiger partial charge is 0.424 e. The Morgan fingerprint density at radius 3 is 1.59 bits per heavy atom. The first-order valence-electron chi connectivity index (χ1n) is 18.2. The number of hydrogen-bond donors (Lipinski definition) is 0. The highest BCUT2D eigenvalue weighted by Crippen LogP contribution is 2.47. The third-order valence-corrected chi connectivity index (χ3v) is 8.19. The molecule has 2 rings (SSSR count). The van der Waals surface area contributed by atoms with Gasteiger partial charge < -0.3 is 47.4 Å². The highest BCUT2D eigenvalue weighted by molar-refractivity contribution is 5.77. The Balaban J connectivity index is 2.17. The summed E-state index contributed by atoms with van der Waals surface area (Å²) in [6.07, 6.45) is 7.74. The van der Waals surface area contributed by atoms with E-state index in [0.29, 0.717) is 83.1 Å². The topological polar surface area (TPSA) is 126 Å². The average Bonchev–Trinajstić information content (AvgIpc) is 3.10. The minimum Gasteiger partial charge on any atom is -0.424 e. The smallest absolute Gasteiger partial charge is 0.337 e. The first-order chi connectivity index (χ1) is 24.8. The van der Waals surface area contributed by atoms with E-state index in [-0.39, 0.29) is 38.3 Å². The van der Waals surface area contributed by atoms with Crippen LogP contribution in [0, 0.1) is 5.92 Å². The third kappa shape index (κ3) is 19.1. The van der Waals surface area contributed by atoms with Crippen molar-refractivity contribution in [1.29, 1.82) is 0 Å². The number of rotatable bonds is 30. The maximum Gasteiger partial charge on any atom is 0.337 e. The van der Waals surface area contributed by atoms with E-state index in [4.69, 9.17) is 47.4 Å². The molecule has 0 bridgehead atoms. The average molecular weight is 723 g/mol. The van der Waals surface area contributed by atoms with Crippen LogP contribution < -0.4 is 9.47 Å². The summed E-state index contributed by atoms with van der Waals surface area (Å²) in [5.74, 6) is -0.556. The van der Waals surface area contributed by atoms with Crippen LogP contribution in [-0.4, -0.2) is 119 Å². The summed E-state index contributed by atoms with van der Waals surface area (Å²) in [6.45, 7) is 14.8. The number of carbonyl (C=O) groups excluding carboxylic acids is 2. The zero-order chi connectivity index (χ0) is 37.1. The predicted octanol–water partition coefficient (Wildman–Crippen LogP) is 5.64. The van der Waals surface area contributed by atoms with Gasteiger partial charge in [-0.15, -0.1) is 0 Å². The van der Waals surface area contributed by atoms with Crippen molar-refractivity contribution in [2.24, 2.45) is 5.92 Å². The molecule has 0 aliphatic heterocycles. The van der Waals surface area contributed by atoms with Gasteiger partial charge in [-0.25, -0.2) is 9.59 Å². The SMILES string of the molecule is C=C(C)[C@@H]1CCC(C)=C[C@H]1c1c(OC(=O)COCCOCCOCCOC)cc(CCCCC)cc1OC(=O)COCCOCCOCCOC. The van der Waals surface area contributed by atoms with E-state index in [1.807, 2.05) is 19.1 Å². The van der Waals surface area contributed by atoms with Crippen molar-refractivity contribution in [2.75, 3.05) is 107 Å². The molecular weight excluding hydrogens is 660 g/mol. The van der Waals surface area contributed by atoms with Crippen LogP contribution >= 0.6 is 0 Å². The summed E-state index contributed by atoms with van der Waals surface area (Å²) in [5.41, 5.74) is 3.76. The van der Waals surface area contributed by atoms with Gasteiger partial charge in [0.2, 0.25) is 0 Å². The minimum absolute atomic E-state index is 0.0632. The molecule has 0 spiro atoms. The van der Waals surface area contributed by atoms with Gasteiger partial charge in [0.1, 0.15) is 24.7 Å². The van der Waals surface area contributed by atoms with Gasteiger partial charge in [0.05, 0.1) is 79.3 Å². The fourth-order valence-corrected chi connectivity index (χ4v) is 5.56. The lowest BCUT2D eigenvalue weighted by atomic mass is 9.73. The van der Waals surface area contributed by atoms with Crippen LogP contribution in [0.5, 0.6) is 11.5 Å². The van der Waals surface area contributed by atoms with E-state index in [1.54, 1.807) is 14.2 Å². The molecule has 0 N–H and O–H groups in total. The zero-order valence-electron chi connectivity index (χ0n) is 31.6. The molecule has 12 nitrogen and oxygen atoms in total. The highest BCUT2D eigenvalue weighted by Gasteiger charge is 2.32. The van der Waals surface area contributed by atoms with Gasteiger partial charge in [-0.1, -0.05) is 43.6 Å². The van der Waals surface area contributed by atoms with Gasteiger partial charge in [0.15, 0.2) is 0 Å². The first-order valence-corrected chi connectivity index (χ1v) is 18.2. The quantitative estimate of drug-likeness (QED) is 0.0422. The zero-order valence-corrected chi connectivity index (χ0v) is 31.6. The summed E-state index contributed by atoms with van der Waals surface area (Å²) in [5, 5.41) is 0. The van der Waals surface area contributed by atoms with Crippen LogP contribution in [0.4, 0.5) is 0 Å². The molecule has 1 aliphatic rings. The van der Waals surface area contributed by atoms with Crippen molar-refractivity contribution in [3.05, 3.63) is 47.1 Å². The second-order valence-electron chi connectivity index (χ2n) is 12.5. The molecule has 1 aromatic carbocycles. The van der Waals surface area contributed by atoms with Crippen molar-refractivity contribution in [1.82, 2.24) is 0 Å². The van der Waals surface area contributed by atoms with Crippen molar-refractivity contribution in [3.63, 3.8) is 0 Å². The van der Waals surface area contributed by atoms with E-state index in [2.05, 4.69) is 26.5 Å². The van der Waals surface area contributed by atoms with Crippen LogP contribution in [0.15, 0.2) is 35.9 Å². The van der Waals surface area contributed by atoms with E-state index in [1.165, 1.54) is 5.57 Å². The number of ether oxygens (including phenoxy) is 10. The predicted molar refractivity (Wildman–Crippen MR) is 194 cm³/mol. The maximum absolute atomic E-state index is 13.2. The van der Waals surface area contributed by atoms with Gasteiger partial charge >= 0.3 is 11.9 Å². The Kier molecular flexibility index (Phi) is 24.3. The number of carbonyl (C=O) groups is 2. The van der Waals surface area contributed by atoms with Crippen LogP contribution in [0.25, 0.3) is 0 Å². The molecule has 0 saturated carbocycles. The highest BCUT2D eigenvalue weighted by atomic mass is 16.6. The summed E-state index contributed by atoms with van der Waals surface area (Å²) >= 11 is 0. The molecule has 1 aromatic rings. The Labute approximate surface area is 305 Å². The second-order valence-corrected chi connectivity index (χ2v) is 12.5. The lowest BCUT2D eigenvalue weighted by Gasteiger charge is -2.32. The molecule has 0 amide bonds.